The van der Waals surface area contributed by atoms with Gasteiger partial charge in [0, 0.05) is 6.42 Å². The predicted molar refractivity (Wildman–Crippen MR) is 262 cm³/mol. The Morgan fingerprint density at radius 1 is 0.407 bits per heavy atom. The van der Waals surface area contributed by atoms with Gasteiger partial charge in [-0.15, -0.1) is 0 Å². The van der Waals surface area contributed by atoms with E-state index in [-0.39, 0.29) is 12.5 Å². The molecule has 0 saturated carbocycles. The minimum Gasteiger partial charge on any atom is -0.394 e. The molecule has 0 aromatic carbocycles. The topological polar surface area (TPSA) is 69.6 Å². The van der Waals surface area contributed by atoms with Crippen LogP contribution in [0.1, 0.15) is 264 Å². The van der Waals surface area contributed by atoms with E-state index in [2.05, 4.69) is 67.8 Å². The largest absolute Gasteiger partial charge is 0.394 e. The van der Waals surface area contributed by atoms with E-state index in [1.807, 2.05) is 6.08 Å². The Morgan fingerprint density at radius 2 is 0.729 bits per heavy atom. The minimum absolute atomic E-state index is 0.0772. The maximum absolute atomic E-state index is 12.4. The summed E-state index contributed by atoms with van der Waals surface area (Å²) in [5, 5.41) is 23.0. The monoisotopic (exact) mass is 824 g/mol. The fourth-order valence-corrected chi connectivity index (χ4v) is 7.70. The van der Waals surface area contributed by atoms with Gasteiger partial charge in [0.05, 0.1) is 18.8 Å². The minimum atomic E-state index is -0.869. The van der Waals surface area contributed by atoms with E-state index >= 15 is 0 Å². The molecule has 0 heterocycles. The number of unbranched alkanes of at least 4 members (excludes halogenated alkanes) is 32. The standard InChI is InChI=1S/C55H101NO3/c1-3-5-7-9-11-13-15-17-18-19-20-21-22-23-24-25-26-27-28-29-30-31-32-33-34-35-36-37-38-39-41-43-45-47-49-51-55(59)56-53(52-57)54(58)50-48-46-44-42-40-16-14-12-10-8-6-4-2/h10,12,15,17,19-20,40,42,48,50,53-54,57-58H,3-9,11,13-14,16,18,21-39,41,43-47,49,51-52H2,1-2H3,(H,56,59)/b12-10+,17-15-,20-19-,42-40+,50-48+. The van der Waals surface area contributed by atoms with Crippen LogP contribution in [0.25, 0.3) is 0 Å². The number of nitrogens with one attached hydrogen (secondary N) is 1. The second-order valence-electron chi connectivity index (χ2n) is 17.6. The van der Waals surface area contributed by atoms with Crippen molar-refractivity contribution in [3.05, 3.63) is 60.8 Å². The van der Waals surface area contributed by atoms with Crippen molar-refractivity contribution < 1.29 is 15.0 Å². The first kappa shape index (κ1) is 57.1. The summed E-state index contributed by atoms with van der Waals surface area (Å²) in [6, 6.07) is -0.644. The van der Waals surface area contributed by atoms with Gasteiger partial charge in [-0.1, -0.05) is 248 Å². The zero-order valence-corrected chi connectivity index (χ0v) is 39.5. The van der Waals surface area contributed by atoms with Crippen LogP contribution in [0.3, 0.4) is 0 Å². The van der Waals surface area contributed by atoms with E-state index < -0.39 is 12.1 Å². The van der Waals surface area contributed by atoms with E-state index in [4.69, 9.17) is 0 Å². The number of aliphatic hydroxyl groups is 2. The van der Waals surface area contributed by atoms with Gasteiger partial charge in [0.25, 0.3) is 0 Å². The number of hydrogen-bond acceptors (Lipinski definition) is 3. The van der Waals surface area contributed by atoms with Crippen LogP contribution in [0.5, 0.6) is 0 Å². The molecule has 59 heavy (non-hydrogen) atoms. The molecule has 344 valence electrons. The van der Waals surface area contributed by atoms with Crippen molar-refractivity contribution in [1.29, 1.82) is 0 Å². The van der Waals surface area contributed by atoms with E-state index in [0.717, 1.165) is 44.9 Å². The Hall–Kier alpha value is -1.91. The van der Waals surface area contributed by atoms with Crippen molar-refractivity contribution in [3.8, 4) is 0 Å². The first-order chi connectivity index (χ1) is 29.2. The van der Waals surface area contributed by atoms with Crippen LogP contribution in [-0.2, 0) is 4.79 Å². The third-order valence-electron chi connectivity index (χ3n) is 11.7. The van der Waals surface area contributed by atoms with Gasteiger partial charge in [-0.25, -0.2) is 0 Å². The molecule has 2 atom stereocenters. The summed E-state index contributed by atoms with van der Waals surface area (Å²) in [5.41, 5.74) is 0. The Bertz CT molecular complexity index is 981. The molecule has 0 rings (SSSR count). The lowest BCUT2D eigenvalue weighted by atomic mass is 10.0. The molecule has 0 bridgehead atoms. The van der Waals surface area contributed by atoms with Crippen LogP contribution in [0.4, 0.5) is 0 Å². The van der Waals surface area contributed by atoms with Crippen LogP contribution in [-0.4, -0.2) is 34.9 Å². The average molecular weight is 824 g/mol. The highest BCUT2D eigenvalue weighted by Gasteiger charge is 2.17. The Kier molecular flexibility index (Phi) is 48.8. The lowest BCUT2D eigenvalue weighted by Gasteiger charge is -2.19. The molecule has 1 amide bonds. The maximum atomic E-state index is 12.4. The van der Waals surface area contributed by atoms with Crippen LogP contribution in [0.15, 0.2) is 60.8 Å². The fraction of sp³-hybridized carbons (Fsp3) is 0.800. The summed E-state index contributed by atoms with van der Waals surface area (Å²) in [5.74, 6) is -0.0772. The van der Waals surface area contributed by atoms with Crippen molar-refractivity contribution in [3.63, 3.8) is 0 Å². The van der Waals surface area contributed by atoms with Gasteiger partial charge < -0.3 is 15.5 Å². The van der Waals surface area contributed by atoms with Crippen molar-refractivity contribution in [2.75, 3.05) is 6.61 Å². The number of amides is 1. The lowest BCUT2D eigenvalue weighted by molar-refractivity contribution is -0.123. The highest BCUT2D eigenvalue weighted by atomic mass is 16.3. The van der Waals surface area contributed by atoms with Crippen molar-refractivity contribution in [2.24, 2.45) is 0 Å². The lowest BCUT2D eigenvalue weighted by Crippen LogP contribution is -2.45. The molecule has 0 aromatic heterocycles. The average Bonchev–Trinajstić information content (AvgIpc) is 3.24. The Morgan fingerprint density at radius 3 is 1.14 bits per heavy atom. The molecule has 0 aliphatic rings. The van der Waals surface area contributed by atoms with Gasteiger partial charge in [0.2, 0.25) is 5.91 Å². The molecule has 3 N–H and O–H groups in total. The third kappa shape index (κ3) is 47.0. The fourth-order valence-electron chi connectivity index (χ4n) is 7.70. The Balaban J connectivity index is 3.43. The van der Waals surface area contributed by atoms with Gasteiger partial charge in [0.1, 0.15) is 0 Å². The first-order valence-corrected chi connectivity index (χ1v) is 26.0. The number of carbonyl (C=O) groups excluding carboxylic acids is 1. The van der Waals surface area contributed by atoms with Gasteiger partial charge in [-0.2, -0.15) is 0 Å². The van der Waals surface area contributed by atoms with Gasteiger partial charge in [-0.05, 0) is 70.6 Å². The molecule has 4 nitrogen and oxygen atoms in total. The summed E-state index contributed by atoms with van der Waals surface area (Å²) in [7, 11) is 0. The highest BCUT2D eigenvalue weighted by Crippen LogP contribution is 2.16. The first-order valence-electron chi connectivity index (χ1n) is 26.0. The second kappa shape index (κ2) is 50.4. The molecule has 4 heteroatoms. The molecule has 2 unspecified atom stereocenters. The predicted octanol–water partition coefficient (Wildman–Crippen LogP) is 16.9. The van der Waals surface area contributed by atoms with E-state index in [1.165, 1.54) is 199 Å². The maximum Gasteiger partial charge on any atom is 0.220 e. The smallest absolute Gasteiger partial charge is 0.220 e. The Labute approximate surface area is 368 Å². The number of allylic oxidation sites excluding steroid dienone is 9. The second-order valence-corrected chi connectivity index (χ2v) is 17.6. The molecule has 0 radical (unpaired) electrons. The molecular weight excluding hydrogens is 723 g/mol. The number of hydrogen-bond donors (Lipinski definition) is 3. The summed E-state index contributed by atoms with van der Waals surface area (Å²) >= 11 is 0. The van der Waals surface area contributed by atoms with Crippen LogP contribution >= 0.6 is 0 Å². The molecule has 0 fully saturated rings. The highest BCUT2D eigenvalue weighted by molar-refractivity contribution is 5.76. The third-order valence-corrected chi connectivity index (χ3v) is 11.7. The van der Waals surface area contributed by atoms with Gasteiger partial charge in [0.15, 0.2) is 0 Å². The van der Waals surface area contributed by atoms with Crippen molar-refractivity contribution >= 4 is 5.91 Å². The quantitative estimate of drug-likeness (QED) is 0.0423. The molecule has 0 spiro atoms. The molecule has 0 saturated heterocycles. The SMILES string of the molecule is CCCC/C=C/CC/C=C/CC/C=C/C(O)C(CO)NC(=O)CCCCCCCCCCCCCCCCCCCCCCCCC/C=C\C/C=C\CCCCCCC. The molecular formula is C55H101NO3. The van der Waals surface area contributed by atoms with Crippen molar-refractivity contribution in [1.82, 2.24) is 5.32 Å². The van der Waals surface area contributed by atoms with Crippen LogP contribution < -0.4 is 5.32 Å². The van der Waals surface area contributed by atoms with Crippen molar-refractivity contribution in [2.45, 2.75) is 276 Å². The number of carbonyl (C=O) groups is 1. The zero-order valence-electron chi connectivity index (χ0n) is 39.5. The van der Waals surface area contributed by atoms with Gasteiger partial charge >= 0.3 is 0 Å². The summed E-state index contributed by atoms with van der Waals surface area (Å²) < 4.78 is 0. The molecule has 0 aliphatic carbocycles. The van der Waals surface area contributed by atoms with Crippen LogP contribution in [0, 0.1) is 0 Å². The number of aliphatic hydroxyl groups excluding tert-OH is 2. The van der Waals surface area contributed by atoms with E-state index in [1.54, 1.807) is 6.08 Å². The van der Waals surface area contributed by atoms with Crippen LogP contribution in [0.2, 0.25) is 0 Å². The zero-order chi connectivity index (χ0) is 42.8. The van der Waals surface area contributed by atoms with Gasteiger partial charge in [-0.3, -0.25) is 4.79 Å². The molecule has 0 aromatic rings. The summed E-state index contributed by atoms with van der Waals surface area (Å²) in [6.07, 6.45) is 71.0. The summed E-state index contributed by atoms with van der Waals surface area (Å²) in [6.45, 7) is 4.24. The number of rotatable bonds is 47. The normalized spacial score (nSPS) is 13.4. The van der Waals surface area contributed by atoms with E-state index in [0.29, 0.717) is 6.42 Å². The molecule has 0 aliphatic heterocycles. The van der Waals surface area contributed by atoms with E-state index in [9.17, 15) is 15.0 Å². The summed E-state index contributed by atoms with van der Waals surface area (Å²) in [4.78, 5) is 12.4.